The predicted octanol–water partition coefficient (Wildman–Crippen LogP) is 22.6. The van der Waals surface area contributed by atoms with Crippen LogP contribution in [0.2, 0.25) is 0 Å². The molecule has 0 saturated carbocycles. The largest absolute Gasteiger partial charge is 0.344 e. The number of rotatable bonds is 1. The van der Waals surface area contributed by atoms with Crippen LogP contribution >= 0.6 is 0 Å². The molecular formula is C85H85F4N7. The summed E-state index contributed by atoms with van der Waals surface area (Å²) in [5.41, 5.74) is 20.7. The summed E-state index contributed by atoms with van der Waals surface area (Å²) in [7, 11) is 4.25. The van der Waals surface area contributed by atoms with E-state index >= 15 is 0 Å². The van der Waals surface area contributed by atoms with E-state index in [-0.39, 0.29) is 0 Å². The summed E-state index contributed by atoms with van der Waals surface area (Å²) in [6, 6.07) is 73.8. The third kappa shape index (κ3) is 17.8. The van der Waals surface area contributed by atoms with Crippen molar-refractivity contribution in [2.45, 2.75) is 96.9 Å². The molecule has 0 atom stereocenters. The van der Waals surface area contributed by atoms with E-state index < -0.39 is 34.4 Å². The molecule has 11 heteroatoms. The number of fused-ring (bicyclic) bond motifs is 8. The fourth-order valence-electron chi connectivity index (χ4n) is 11.4. The summed E-state index contributed by atoms with van der Waals surface area (Å²) in [6.07, 6.45) is 3.71. The van der Waals surface area contributed by atoms with E-state index in [9.17, 15) is 17.6 Å². The lowest BCUT2D eigenvalue weighted by Crippen LogP contribution is -2.02. The fourth-order valence-corrected chi connectivity index (χ4v) is 11.4. The lowest BCUT2D eigenvalue weighted by atomic mass is 9.96. The second-order valence-electron chi connectivity index (χ2n) is 24.2. The first kappa shape index (κ1) is 71.2. The number of hydrogen-bond donors (Lipinski definition) is 0. The van der Waals surface area contributed by atoms with Gasteiger partial charge in [0, 0.05) is 126 Å². The molecule has 0 radical (unpaired) electrons. The monoisotopic (exact) mass is 1280 g/mol. The smallest absolute Gasteiger partial charge is 0.165 e. The van der Waals surface area contributed by atoms with Gasteiger partial charge in [0.25, 0.3) is 0 Å². The molecule has 15 aromatic rings. The van der Waals surface area contributed by atoms with Gasteiger partial charge in [-0.2, -0.15) is 0 Å². The number of aromatic nitrogens is 7. The van der Waals surface area contributed by atoms with Crippen molar-refractivity contribution in [1.82, 2.24) is 34.1 Å². The molecule has 0 saturated heterocycles. The van der Waals surface area contributed by atoms with Gasteiger partial charge in [0.15, 0.2) is 23.3 Å². The lowest BCUT2D eigenvalue weighted by molar-refractivity contribution is 0.436. The SMILES string of the molecule is Cc1c(F)c(F)c(C)c(F)c1F.Cc1ccc2c(c1)c1ccccc1n2C.Cc1ccc2c3ccccc3n(C)c2c1.Cc1cccc(C)n1.Cc1ccccc1C.Cc1cncc(C)c1.Cc1nc(C)c2ccccc2c1-c1ccccc1.Cc1nc(C)c2ccccc2n1. The Morgan fingerprint density at radius 3 is 1.24 bits per heavy atom. The number of halogens is 4. The van der Waals surface area contributed by atoms with Crippen LogP contribution in [0.5, 0.6) is 0 Å². The highest BCUT2D eigenvalue weighted by atomic mass is 19.2. The van der Waals surface area contributed by atoms with Crippen molar-refractivity contribution in [3.63, 3.8) is 0 Å². The molecule has 9 aromatic carbocycles. The second-order valence-corrected chi connectivity index (χ2v) is 24.2. The number of nitrogens with zero attached hydrogens (tertiary/aromatic N) is 7. The molecule has 6 heterocycles. The molecular weight excluding hydrogens is 1190 g/mol. The molecule has 0 N–H and O–H groups in total. The molecule has 488 valence electrons. The standard InChI is InChI=1S/C17H15N.2C14H13N.C10H10N2.C8H6F4.C8H10.2C7H9N/c1-12-15-10-6-7-11-16(15)17(13(2)18-12)14-8-4-3-5-9-14;1-10-7-8-14-12(9-10)11-5-3-4-6-13(11)15(14)2;1-10-7-8-12-11-5-3-4-6-13(11)15(2)14(12)9-10;1-7-9-5-3-4-6-10(9)12-8(2)11-7;1-3-5(9)7(11)4(2)8(12)6(3)10;1-7-5-3-4-6-8(7)2;1-6-3-7(2)5-8-4-6;1-6-4-3-5-7(2)8-6/h3-11H,1-2H3;2*3-9H,1-2H3;3-6H,1-2H3;1-2H3;3-6H,1-2H3;2*3-5H,1-2H3. The van der Waals surface area contributed by atoms with E-state index in [4.69, 9.17) is 0 Å². The molecule has 0 bridgehead atoms. The normalized spacial score (nSPS) is 10.5. The third-order valence-electron chi connectivity index (χ3n) is 16.6. The van der Waals surface area contributed by atoms with Crippen LogP contribution in [-0.4, -0.2) is 34.1 Å². The highest BCUT2D eigenvalue weighted by Crippen LogP contribution is 2.33. The van der Waals surface area contributed by atoms with Gasteiger partial charge < -0.3 is 9.13 Å². The molecule has 0 aliphatic rings. The van der Waals surface area contributed by atoms with E-state index in [2.05, 4.69) is 253 Å². The van der Waals surface area contributed by atoms with E-state index in [1.165, 1.54) is 98.9 Å². The number of para-hydroxylation sites is 3. The Labute approximate surface area is 562 Å². The minimum Gasteiger partial charge on any atom is -0.344 e. The van der Waals surface area contributed by atoms with Gasteiger partial charge in [-0.3, -0.25) is 15.0 Å². The zero-order chi connectivity index (χ0) is 69.3. The van der Waals surface area contributed by atoms with Crippen LogP contribution in [0.25, 0.3) is 76.4 Å². The first-order valence-electron chi connectivity index (χ1n) is 32.0. The Hall–Kier alpha value is -10.7. The molecule has 96 heavy (non-hydrogen) atoms. The maximum absolute atomic E-state index is 12.7. The minimum atomic E-state index is -1.33. The molecule has 0 aliphatic heterocycles. The van der Waals surface area contributed by atoms with E-state index in [0.717, 1.165) is 59.0 Å². The summed E-state index contributed by atoms with van der Waals surface area (Å²) in [5.74, 6) is -4.47. The molecule has 6 aromatic heterocycles. The van der Waals surface area contributed by atoms with Crippen molar-refractivity contribution in [3.8, 4) is 11.1 Å². The summed E-state index contributed by atoms with van der Waals surface area (Å²) in [5, 5.41) is 9.05. The van der Waals surface area contributed by atoms with Crippen LogP contribution in [0, 0.1) is 120 Å². The second kappa shape index (κ2) is 33.0. The van der Waals surface area contributed by atoms with Gasteiger partial charge in [0.1, 0.15) is 5.82 Å². The van der Waals surface area contributed by atoms with E-state index in [1.807, 2.05) is 102 Å². The number of pyridine rings is 3. The van der Waals surface area contributed by atoms with Crippen LogP contribution < -0.4 is 0 Å². The maximum atomic E-state index is 12.7. The van der Waals surface area contributed by atoms with Crippen LogP contribution in [0.4, 0.5) is 17.6 Å². The quantitative estimate of drug-likeness (QED) is 0.121. The van der Waals surface area contributed by atoms with Crippen molar-refractivity contribution < 1.29 is 17.6 Å². The molecule has 0 amide bonds. The van der Waals surface area contributed by atoms with Crippen molar-refractivity contribution in [3.05, 3.63) is 327 Å². The zero-order valence-corrected chi connectivity index (χ0v) is 58.0. The summed E-state index contributed by atoms with van der Waals surface area (Å²) in [6.45, 7) is 26.6. The molecule has 0 fully saturated rings. The van der Waals surface area contributed by atoms with Gasteiger partial charge in [0.05, 0.1) is 5.52 Å². The van der Waals surface area contributed by atoms with Crippen LogP contribution in [0.15, 0.2) is 225 Å². The molecule has 15 rings (SSSR count). The summed E-state index contributed by atoms with van der Waals surface area (Å²) >= 11 is 0. The number of benzene rings is 9. The molecule has 0 spiro atoms. The minimum absolute atomic E-state index is 0.629. The fraction of sp³-hybridized carbons (Fsp3) is 0.188. The summed E-state index contributed by atoms with van der Waals surface area (Å²) < 4.78 is 55.1. The van der Waals surface area contributed by atoms with Gasteiger partial charge >= 0.3 is 0 Å². The molecule has 0 unspecified atom stereocenters. The average Bonchev–Trinajstić information content (AvgIpc) is 1.40. The molecule has 0 aliphatic carbocycles. The van der Waals surface area contributed by atoms with Crippen molar-refractivity contribution in [2.24, 2.45) is 14.1 Å². The maximum Gasteiger partial charge on any atom is 0.165 e. The van der Waals surface area contributed by atoms with Gasteiger partial charge in [0.2, 0.25) is 0 Å². The highest BCUT2D eigenvalue weighted by Gasteiger charge is 2.20. The van der Waals surface area contributed by atoms with Crippen LogP contribution in [0.3, 0.4) is 0 Å². The molecule has 7 nitrogen and oxygen atoms in total. The van der Waals surface area contributed by atoms with Crippen molar-refractivity contribution >= 4 is 65.3 Å². The van der Waals surface area contributed by atoms with Crippen molar-refractivity contribution in [2.75, 3.05) is 0 Å². The van der Waals surface area contributed by atoms with Gasteiger partial charge in [-0.1, -0.05) is 169 Å². The van der Waals surface area contributed by atoms with E-state index in [0.29, 0.717) is 0 Å². The Balaban J connectivity index is 0.000000143. The number of hydrogen-bond acceptors (Lipinski definition) is 5. The van der Waals surface area contributed by atoms with E-state index in [1.54, 1.807) is 0 Å². The Morgan fingerprint density at radius 1 is 0.292 bits per heavy atom. The summed E-state index contributed by atoms with van der Waals surface area (Å²) in [4.78, 5) is 21.5. The first-order valence-corrected chi connectivity index (χ1v) is 32.0. The Morgan fingerprint density at radius 2 is 0.719 bits per heavy atom. The third-order valence-corrected chi connectivity index (χ3v) is 16.6. The Bertz CT molecular complexity index is 4940. The lowest BCUT2D eigenvalue weighted by Gasteiger charge is -2.12. The number of aryl methyl sites for hydroxylation is 14. The predicted molar refractivity (Wildman–Crippen MR) is 395 cm³/mol. The average molecular weight is 1280 g/mol. The Kier molecular flexibility index (Phi) is 24.4. The van der Waals surface area contributed by atoms with Crippen molar-refractivity contribution in [1.29, 1.82) is 0 Å². The van der Waals surface area contributed by atoms with Crippen LogP contribution in [0.1, 0.15) is 78.8 Å². The van der Waals surface area contributed by atoms with Gasteiger partial charge in [-0.25, -0.2) is 27.5 Å². The first-order chi connectivity index (χ1) is 45.9. The zero-order valence-electron chi connectivity index (χ0n) is 58.0. The van der Waals surface area contributed by atoms with Gasteiger partial charge in [-0.15, -0.1) is 0 Å². The van der Waals surface area contributed by atoms with Crippen LogP contribution in [-0.2, 0) is 14.1 Å². The topological polar surface area (TPSA) is 74.3 Å². The van der Waals surface area contributed by atoms with Gasteiger partial charge in [-0.05, 0) is 184 Å². The highest BCUT2D eigenvalue weighted by molar-refractivity contribution is 6.09.